The number of nitriles is 1. The molecule has 3 aliphatic heterocycles. The van der Waals surface area contributed by atoms with Crippen LogP contribution in [-0.2, 0) is 16.0 Å². The molecule has 0 unspecified atom stereocenters. The number of carbonyl (C=O) groups excluding carboxylic acids is 1. The molecule has 0 spiro atoms. The topological polar surface area (TPSA) is 83.2 Å². The number of benzene rings is 2. The van der Waals surface area contributed by atoms with E-state index in [1.54, 1.807) is 18.2 Å². The lowest BCUT2D eigenvalue weighted by Crippen LogP contribution is -2.41. The van der Waals surface area contributed by atoms with Gasteiger partial charge < -0.3 is 19.5 Å². The Balaban J connectivity index is 1.21. The summed E-state index contributed by atoms with van der Waals surface area (Å²) in [5.41, 5.74) is 4.11. The molecular formula is C39H38Cl2F3N5O2. The Morgan fingerprint density at radius 3 is 2.67 bits per heavy atom. The lowest BCUT2D eigenvalue weighted by atomic mass is 9.79. The van der Waals surface area contributed by atoms with Crippen molar-refractivity contribution >= 4 is 50.9 Å². The van der Waals surface area contributed by atoms with Crippen molar-refractivity contribution in [2.75, 3.05) is 19.7 Å². The first-order chi connectivity index (χ1) is 24.5. The number of alkyl halides is 2. The van der Waals surface area contributed by atoms with E-state index in [1.807, 2.05) is 17.9 Å². The van der Waals surface area contributed by atoms with E-state index in [4.69, 9.17) is 32.9 Å². The predicted octanol–water partition coefficient (Wildman–Crippen LogP) is 8.71. The summed E-state index contributed by atoms with van der Waals surface area (Å²) in [5.74, 6) is -2.82. The third kappa shape index (κ3) is 5.53. The number of nitrogens with zero attached hydrogens (tertiary/aromatic N) is 4. The molecule has 2 aromatic carbocycles. The van der Waals surface area contributed by atoms with E-state index in [9.17, 15) is 18.8 Å². The maximum absolute atomic E-state index is 17.1. The van der Waals surface area contributed by atoms with Crippen molar-refractivity contribution in [1.29, 1.82) is 5.26 Å². The van der Waals surface area contributed by atoms with E-state index in [-0.39, 0.29) is 78.4 Å². The summed E-state index contributed by atoms with van der Waals surface area (Å²) in [6, 6.07) is 11.5. The SMILES string of the molecule is Cc1nc2c(F)c(-c3cccc(Cl)c3Cl)c(CCC#N)cc2c2c1cc([C@H]1C[C@H](OCC3CC(F)(F)C3)CN1C(=O)C1CC1)n2[C@H]1[C@H]2CN[C@@H]1C2. The zero-order valence-electron chi connectivity index (χ0n) is 28.2. The number of hydrogen-bond acceptors (Lipinski definition) is 5. The molecule has 266 valence electrons. The molecule has 2 aromatic heterocycles. The van der Waals surface area contributed by atoms with Gasteiger partial charge in [0, 0.05) is 84.0 Å². The number of hydrogen-bond donors (Lipinski definition) is 1. The van der Waals surface area contributed by atoms with Gasteiger partial charge in [0.15, 0.2) is 5.82 Å². The fourth-order valence-corrected chi connectivity index (χ4v) is 9.68. The second-order valence-corrected chi connectivity index (χ2v) is 16.2. The van der Waals surface area contributed by atoms with Gasteiger partial charge in [-0.3, -0.25) is 4.79 Å². The second-order valence-electron chi connectivity index (χ2n) is 15.4. The van der Waals surface area contributed by atoms with Crippen LogP contribution >= 0.6 is 23.2 Å². The van der Waals surface area contributed by atoms with E-state index in [2.05, 4.69) is 22.0 Å². The number of carbonyl (C=O) groups is 1. The minimum absolute atomic E-state index is 0.00583. The zero-order chi connectivity index (χ0) is 35.3. The fourth-order valence-electron chi connectivity index (χ4n) is 9.28. The van der Waals surface area contributed by atoms with Crippen LogP contribution in [0.1, 0.15) is 74.0 Å². The van der Waals surface area contributed by atoms with Crippen molar-refractivity contribution in [3.63, 3.8) is 0 Å². The number of rotatable bonds is 9. The van der Waals surface area contributed by atoms with Gasteiger partial charge in [-0.15, -0.1) is 0 Å². The number of ether oxygens (including phenoxy) is 1. The molecule has 1 N–H and O–H groups in total. The van der Waals surface area contributed by atoms with Crippen molar-refractivity contribution in [3.8, 4) is 17.2 Å². The Labute approximate surface area is 304 Å². The Morgan fingerprint density at radius 1 is 1.18 bits per heavy atom. The molecule has 7 nitrogen and oxygen atoms in total. The average molecular weight is 737 g/mol. The van der Waals surface area contributed by atoms with E-state index in [0.29, 0.717) is 58.1 Å². The van der Waals surface area contributed by atoms with Crippen LogP contribution in [0.25, 0.3) is 32.9 Å². The molecule has 10 rings (SSSR count). The van der Waals surface area contributed by atoms with Crippen molar-refractivity contribution < 1.29 is 22.7 Å². The van der Waals surface area contributed by atoms with Gasteiger partial charge in [0.2, 0.25) is 11.8 Å². The van der Waals surface area contributed by atoms with Crippen LogP contribution in [0.4, 0.5) is 13.2 Å². The first-order valence-electron chi connectivity index (χ1n) is 18.0. The van der Waals surface area contributed by atoms with Crippen molar-refractivity contribution in [2.45, 2.75) is 88.4 Å². The summed E-state index contributed by atoms with van der Waals surface area (Å²) in [4.78, 5) is 20.7. The Morgan fingerprint density at radius 2 is 1.98 bits per heavy atom. The summed E-state index contributed by atoms with van der Waals surface area (Å²) >= 11 is 13.1. The largest absolute Gasteiger partial charge is 0.376 e. The number of fused-ring (bicyclic) bond motifs is 4. The summed E-state index contributed by atoms with van der Waals surface area (Å²) in [5, 5.41) is 15.3. The van der Waals surface area contributed by atoms with Gasteiger partial charge in [-0.05, 0) is 68.2 Å². The Bertz CT molecular complexity index is 2120. The van der Waals surface area contributed by atoms with Gasteiger partial charge >= 0.3 is 0 Å². The summed E-state index contributed by atoms with van der Waals surface area (Å²) in [6.07, 6.45) is 3.22. The summed E-state index contributed by atoms with van der Waals surface area (Å²) in [7, 11) is 0. The molecule has 6 fully saturated rings. The molecule has 51 heavy (non-hydrogen) atoms. The number of halogens is 5. The highest BCUT2D eigenvalue weighted by Crippen LogP contribution is 2.51. The lowest BCUT2D eigenvalue weighted by molar-refractivity contribution is -0.137. The van der Waals surface area contributed by atoms with Gasteiger partial charge in [0.05, 0.1) is 46.4 Å². The Hall–Kier alpha value is -3.36. The minimum Gasteiger partial charge on any atom is -0.376 e. The van der Waals surface area contributed by atoms with Crippen molar-refractivity contribution in [3.05, 3.63) is 63.1 Å². The molecule has 3 aliphatic carbocycles. The zero-order valence-corrected chi connectivity index (χ0v) is 29.7. The number of pyridine rings is 1. The number of amides is 1. The van der Waals surface area contributed by atoms with Crippen LogP contribution in [0.3, 0.4) is 0 Å². The third-order valence-electron chi connectivity index (χ3n) is 12.0. The molecule has 2 bridgehead atoms. The lowest BCUT2D eigenvalue weighted by Gasteiger charge is -2.39. The molecule has 3 saturated carbocycles. The molecule has 4 aromatic rings. The van der Waals surface area contributed by atoms with Crippen LogP contribution in [0.5, 0.6) is 0 Å². The molecule has 5 atom stereocenters. The van der Waals surface area contributed by atoms with Gasteiger partial charge in [-0.25, -0.2) is 18.2 Å². The van der Waals surface area contributed by atoms with Crippen molar-refractivity contribution in [1.82, 2.24) is 19.8 Å². The summed E-state index contributed by atoms with van der Waals surface area (Å²) in [6.45, 7) is 3.44. The van der Waals surface area contributed by atoms with E-state index in [1.165, 1.54) is 0 Å². The molecular weight excluding hydrogens is 698 g/mol. The van der Waals surface area contributed by atoms with Gasteiger partial charge in [0.25, 0.3) is 0 Å². The number of likely N-dealkylation sites (tertiary alicyclic amines) is 1. The smallest absolute Gasteiger partial charge is 0.248 e. The first kappa shape index (κ1) is 33.5. The fraction of sp³-hybridized carbons (Fsp3) is 0.513. The molecule has 12 heteroatoms. The maximum atomic E-state index is 17.1. The monoisotopic (exact) mass is 735 g/mol. The maximum Gasteiger partial charge on any atom is 0.248 e. The quantitative estimate of drug-likeness (QED) is 0.186. The van der Waals surface area contributed by atoms with E-state index < -0.39 is 11.7 Å². The van der Waals surface area contributed by atoms with Crippen LogP contribution in [-0.4, -0.2) is 58.1 Å². The average Bonchev–Trinajstić information content (AvgIpc) is 3.39. The van der Waals surface area contributed by atoms with Crippen LogP contribution in [0.15, 0.2) is 30.3 Å². The minimum atomic E-state index is -2.61. The molecule has 0 radical (unpaired) electrons. The Kier molecular flexibility index (Phi) is 8.12. The van der Waals surface area contributed by atoms with Crippen LogP contribution < -0.4 is 5.32 Å². The van der Waals surface area contributed by atoms with Crippen molar-refractivity contribution in [2.24, 2.45) is 17.8 Å². The number of aryl methyl sites for hydroxylation is 2. The van der Waals surface area contributed by atoms with E-state index >= 15 is 4.39 Å². The highest BCUT2D eigenvalue weighted by molar-refractivity contribution is 6.43. The highest BCUT2D eigenvalue weighted by atomic mass is 35.5. The van der Waals surface area contributed by atoms with Gasteiger partial charge in [-0.1, -0.05) is 35.3 Å². The van der Waals surface area contributed by atoms with Crippen LogP contribution in [0, 0.1) is 41.8 Å². The van der Waals surface area contributed by atoms with Gasteiger partial charge in [-0.2, -0.15) is 5.26 Å². The highest BCUT2D eigenvalue weighted by Gasteiger charge is 2.51. The normalized spacial score (nSPS) is 26.8. The second kappa shape index (κ2) is 12.4. The standard InChI is InChI=1S/C39H38Cl2F3N5O2/c1-19-26-13-31(30-12-24(17-48(30)38(50)21-7-8-21)51-18-20-14-39(43,44)15-20)49(36-23-11-29(36)46-16-23)37(26)27-10-22(4-3-9-45)32(34(42)35(27)47-19)25-5-2-6-28(40)33(25)41/h2,5-6,10,13,20-21,23-24,29-30,36,46H,3-4,7-8,11-12,14-18H2,1H3/t23-,24+,29-,30-,36+/m1/s1. The van der Waals surface area contributed by atoms with Crippen LogP contribution in [0.2, 0.25) is 10.0 Å². The first-order valence-corrected chi connectivity index (χ1v) is 18.8. The number of aromatic nitrogens is 2. The molecule has 5 heterocycles. The predicted molar refractivity (Wildman–Crippen MR) is 189 cm³/mol. The molecule has 3 saturated heterocycles. The van der Waals surface area contributed by atoms with E-state index in [0.717, 1.165) is 42.4 Å². The number of nitrogens with one attached hydrogen (secondary N) is 1. The molecule has 1 amide bonds. The third-order valence-corrected chi connectivity index (χ3v) is 12.8. The van der Waals surface area contributed by atoms with Gasteiger partial charge in [0.1, 0.15) is 5.52 Å². The summed E-state index contributed by atoms with van der Waals surface area (Å²) < 4.78 is 52.9. The molecule has 6 aliphatic rings.